The Balaban J connectivity index is 1.96. The van der Waals surface area contributed by atoms with Crippen molar-refractivity contribution in [3.05, 3.63) is 52.6 Å². The van der Waals surface area contributed by atoms with Gasteiger partial charge in [-0.05, 0) is 29.7 Å². The van der Waals surface area contributed by atoms with Crippen molar-refractivity contribution < 1.29 is 25.5 Å². The topological polar surface area (TPSA) is 101 Å². The Labute approximate surface area is 127 Å². The highest BCUT2D eigenvalue weighted by Gasteiger charge is 2.23. The molecule has 5 heteroatoms. The lowest BCUT2D eigenvalue weighted by atomic mass is 9.92. The summed E-state index contributed by atoms with van der Waals surface area (Å²) in [4.78, 5) is 0. The fraction of sp³-hybridized carbons (Fsp3) is 0.176. The molecule has 0 aliphatic heterocycles. The maximum absolute atomic E-state index is 10.1. The third-order valence-electron chi connectivity index (χ3n) is 4.01. The van der Waals surface area contributed by atoms with Gasteiger partial charge >= 0.3 is 0 Å². The molecule has 0 fully saturated rings. The second-order valence-corrected chi connectivity index (χ2v) is 5.37. The summed E-state index contributed by atoms with van der Waals surface area (Å²) >= 11 is 0. The molecule has 5 N–H and O–H groups in total. The van der Waals surface area contributed by atoms with Gasteiger partial charge in [0.25, 0.3) is 0 Å². The van der Waals surface area contributed by atoms with Crippen molar-refractivity contribution in [3.63, 3.8) is 0 Å². The Morgan fingerprint density at radius 1 is 0.955 bits per heavy atom. The van der Waals surface area contributed by atoms with Crippen molar-refractivity contribution >= 4 is 6.08 Å². The van der Waals surface area contributed by atoms with Crippen molar-refractivity contribution in [1.29, 1.82) is 0 Å². The SMILES string of the molecule is OCc1c(O)ccc(CC2C=Cc3c(O)cc(O)cc32)c1O. The Hall–Kier alpha value is -2.66. The molecule has 2 aromatic carbocycles. The van der Waals surface area contributed by atoms with Crippen LogP contribution in [0.5, 0.6) is 23.0 Å². The van der Waals surface area contributed by atoms with Crippen LogP contribution in [0.2, 0.25) is 0 Å². The van der Waals surface area contributed by atoms with E-state index in [0.29, 0.717) is 17.5 Å². The number of hydrogen-bond acceptors (Lipinski definition) is 5. The summed E-state index contributed by atoms with van der Waals surface area (Å²) in [6.45, 7) is -0.454. The highest BCUT2D eigenvalue weighted by Crippen LogP contribution is 2.41. The number of hydrogen-bond donors (Lipinski definition) is 5. The van der Waals surface area contributed by atoms with Gasteiger partial charge in [0, 0.05) is 17.5 Å². The summed E-state index contributed by atoms with van der Waals surface area (Å²) in [6, 6.07) is 5.90. The molecule has 0 amide bonds. The summed E-state index contributed by atoms with van der Waals surface area (Å²) in [5, 5.41) is 48.4. The first-order valence-corrected chi connectivity index (χ1v) is 6.89. The average Bonchev–Trinajstić information content (AvgIpc) is 2.86. The molecular formula is C17H16O5. The number of rotatable bonds is 3. The molecule has 2 aromatic rings. The second-order valence-electron chi connectivity index (χ2n) is 5.37. The van der Waals surface area contributed by atoms with Crippen LogP contribution in [0, 0.1) is 0 Å². The number of aromatic hydroxyl groups is 4. The van der Waals surface area contributed by atoms with Gasteiger partial charge in [-0.15, -0.1) is 0 Å². The van der Waals surface area contributed by atoms with Crippen molar-refractivity contribution in [2.45, 2.75) is 18.9 Å². The van der Waals surface area contributed by atoms with E-state index >= 15 is 0 Å². The molecule has 0 spiro atoms. The summed E-state index contributed by atoms with van der Waals surface area (Å²) < 4.78 is 0. The number of aliphatic hydroxyl groups excluding tert-OH is 1. The number of benzene rings is 2. The van der Waals surface area contributed by atoms with Crippen LogP contribution in [0.25, 0.3) is 6.08 Å². The van der Waals surface area contributed by atoms with Crippen molar-refractivity contribution in [2.75, 3.05) is 0 Å². The average molecular weight is 300 g/mol. The molecule has 1 atom stereocenters. The molecule has 0 bridgehead atoms. The van der Waals surface area contributed by atoms with E-state index < -0.39 is 6.61 Å². The van der Waals surface area contributed by atoms with Crippen LogP contribution in [0.15, 0.2) is 30.3 Å². The molecule has 0 aromatic heterocycles. The molecule has 0 saturated heterocycles. The molecular weight excluding hydrogens is 284 g/mol. The van der Waals surface area contributed by atoms with Crippen LogP contribution in [0.1, 0.15) is 28.2 Å². The zero-order valence-corrected chi connectivity index (χ0v) is 11.7. The van der Waals surface area contributed by atoms with Gasteiger partial charge in [0.1, 0.15) is 23.0 Å². The lowest BCUT2D eigenvalue weighted by molar-refractivity contribution is 0.268. The van der Waals surface area contributed by atoms with Crippen LogP contribution in [-0.2, 0) is 13.0 Å². The predicted molar refractivity (Wildman–Crippen MR) is 80.9 cm³/mol. The normalized spacial score (nSPS) is 16.0. The Morgan fingerprint density at radius 2 is 1.73 bits per heavy atom. The highest BCUT2D eigenvalue weighted by molar-refractivity contribution is 5.69. The molecule has 1 aliphatic carbocycles. The molecule has 0 saturated carbocycles. The summed E-state index contributed by atoms with van der Waals surface area (Å²) in [6.07, 6.45) is 4.08. The first-order chi connectivity index (χ1) is 10.5. The van der Waals surface area contributed by atoms with E-state index in [2.05, 4.69) is 0 Å². The molecule has 5 nitrogen and oxygen atoms in total. The molecule has 1 unspecified atom stereocenters. The Kier molecular flexibility index (Phi) is 3.42. The minimum atomic E-state index is -0.454. The lowest BCUT2D eigenvalue weighted by Gasteiger charge is -2.15. The lowest BCUT2D eigenvalue weighted by Crippen LogP contribution is -2.00. The first kappa shape index (κ1) is 14.3. The maximum Gasteiger partial charge on any atom is 0.128 e. The van der Waals surface area contributed by atoms with Crippen LogP contribution in [-0.4, -0.2) is 25.5 Å². The fourth-order valence-electron chi connectivity index (χ4n) is 2.86. The van der Waals surface area contributed by atoms with E-state index in [0.717, 1.165) is 5.56 Å². The zero-order valence-electron chi connectivity index (χ0n) is 11.7. The molecule has 3 rings (SSSR count). The number of allylic oxidation sites excluding steroid dienone is 1. The minimum Gasteiger partial charge on any atom is -0.508 e. The van der Waals surface area contributed by atoms with Gasteiger partial charge in [0.05, 0.1) is 12.2 Å². The van der Waals surface area contributed by atoms with Gasteiger partial charge < -0.3 is 25.5 Å². The quantitative estimate of drug-likeness (QED) is 0.599. The van der Waals surface area contributed by atoms with Crippen LogP contribution >= 0.6 is 0 Å². The second kappa shape index (κ2) is 5.27. The van der Waals surface area contributed by atoms with Gasteiger partial charge in [-0.1, -0.05) is 18.2 Å². The number of fused-ring (bicyclic) bond motifs is 1. The van der Waals surface area contributed by atoms with Gasteiger partial charge in [0.15, 0.2) is 0 Å². The number of phenols is 4. The molecule has 22 heavy (non-hydrogen) atoms. The molecule has 0 heterocycles. The molecule has 114 valence electrons. The van der Waals surface area contributed by atoms with E-state index in [1.54, 1.807) is 18.2 Å². The van der Waals surface area contributed by atoms with Crippen molar-refractivity contribution in [3.8, 4) is 23.0 Å². The third-order valence-corrected chi connectivity index (χ3v) is 4.01. The predicted octanol–water partition coefficient (Wildman–Crippen LogP) is 2.35. The van der Waals surface area contributed by atoms with Gasteiger partial charge in [-0.2, -0.15) is 0 Å². The van der Waals surface area contributed by atoms with E-state index in [-0.39, 0.29) is 34.5 Å². The summed E-state index contributed by atoms with van der Waals surface area (Å²) in [7, 11) is 0. The fourth-order valence-corrected chi connectivity index (χ4v) is 2.86. The van der Waals surface area contributed by atoms with Crippen molar-refractivity contribution in [1.82, 2.24) is 0 Å². The molecule has 0 radical (unpaired) electrons. The Morgan fingerprint density at radius 3 is 2.45 bits per heavy atom. The number of aliphatic hydroxyl groups is 1. The van der Waals surface area contributed by atoms with E-state index in [9.17, 15) is 25.5 Å². The monoisotopic (exact) mass is 300 g/mol. The van der Waals surface area contributed by atoms with Crippen LogP contribution in [0.4, 0.5) is 0 Å². The minimum absolute atomic E-state index is 0.0136. The van der Waals surface area contributed by atoms with Crippen molar-refractivity contribution in [2.24, 2.45) is 0 Å². The van der Waals surface area contributed by atoms with Gasteiger partial charge in [-0.25, -0.2) is 0 Å². The number of phenolic OH excluding ortho intramolecular Hbond substituents is 2. The van der Waals surface area contributed by atoms with Gasteiger partial charge in [-0.3, -0.25) is 0 Å². The maximum atomic E-state index is 10.1. The Bertz CT molecular complexity index is 764. The van der Waals surface area contributed by atoms with E-state index in [4.69, 9.17) is 0 Å². The summed E-state index contributed by atoms with van der Waals surface area (Å²) in [5.41, 5.74) is 2.10. The van der Waals surface area contributed by atoms with E-state index in [1.165, 1.54) is 12.1 Å². The van der Waals surface area contributed by atoms with E-state index in [1.807, 2.05) is 6.08 Å². The third kappa shape index (κ3) is 2.25. The standard InChI is InChI=1S/C17H16O5/c18-8-14-15(20)4-2-10(17(14)22)5-9-1-3-12-13(9)6-11(19)7-16(12)21/h1-4,6-7,9,18-22H,5,8H2. The van der Waals surface area contributed by atoms with Crippen LogP contribution < -0.4 is 0 Å². The van der Waals surface area contributed by atoms with Crippen LogP contribution in [0.3, 0.4) is 0 Å². The summed E-state index contributed by atoms with van der Waals surface area (Å²) in [5.74, 6) is -0.402. The first-order valence-electron chi connectivity index (χ1n) is 6.89. The largest absolute Gasteiger partial charge is 0.508 e. The highest BCUT2D eigenvalue weighted by atomic mass is 16.3. The van der Waals surface area contributed by atoms with Gasteiger partial charge in [0.2, 0.25) is 0 Å². The zero-order chi connectivity index (χ0) is 15.9. The molecule has 1 aliphatic rings. The smallest absolute Gasteiger partial charge is 0.128 e.